The van der Waals surface area contributed by atoms with Gasteiger partial charge in [-0.2, -0.15) is 0 Å². The summed E-state index contributed by atoms with van der Waals surface area (Å²) in [6.07, 6.45) is 4.43. The molecule has 2 aliphatic heterocycles. The van der Waals surface area contributed by atoms with Crippen molar-refractivity contribution in [2.75, 3.05) is 19.8 Å². The van der Waals surface area contributed by atoms with Crippen molar-refractivity contribution >= 4 is 98.3 Å². The molecule has 2 fully saturated rings. The van der Waals surface area contributed by atoms with Crippen LogP contribution >= 0.6 is 40.0 Å². The maximum absolute atomic E-state index is 13.5. The van der Waals surface area contributed by atoms with Crippen molar-refractivity contribution in [2.24, 2.45) is 0 Å². The Balaban J connectivity index is 0.000000241. The van der Waals surface area contributed by atoms with Crippen LogP contribution in [0.25, 0.3) is 11.1 Å². The average molecular weight is 1360 g/mol. The zero-order valence-electron chi connectivity index (χ0n) is 42.2. The first-order valence-corrected chi connectivity index (χ1v) is 33.2. The second kappa shape index (κ2) is 33.0. The van der Waals surface area contributed by atoms with Gasteiger partial charge in [0.1, 0.15) is 37.5 Å². The zero-order valence-corrected chi connectivity index (χ0v) is 48.0. The van der Waals surface area contributed by atoms with E-state index in [2.05, 4.69) is 57.4 Å². The first-order valence-electron chi connectivity index (χ1n) is 24.2. The molecule has 0 unspecified atom stereocenters. The number of nitro benzene ring substituents is 2. The van der Waals surface area contributed by atoms with Crippen LogP contribution in [0.3, 0.4) is 0 Å². The number of carbonyl (C=O) groups is 6. The van der Waals surface area contributed by atoms with Gasteiger partial charge in [-0.25, -0.2) is 28.1 Å². The number of aliphatic carboxylic acids is 1. The number of ether oxygens (including phenoxy) is 3. The van der Waals surface area contributed by atoms with Gasteiger partial charge in [0.2, 0.25) is 11.8 Å². The number of nitro groups is 2. The van der Waals surface area contributed by atoms with Crippen LogP contribution in [-0.4, -0.2) is 75.5 Å². The molecular formula is C57H50F2I2N4O14V. The molecule has 0 radical (unpaired) electrons. The molecule has 0 aromatic heterocycles. The number of carboxylic acids is 1. The molecule has 0 aliphatic carbocycles. The molecule has 8 rings (SSSR count). The third kappa shape index (κ3) is 20.5. The van der Waals surface area contributed by atoms with E-state index < -0.39 is 57.4 Å². The number of rotatable bonds is 18. The van der Waals surface area contributed by atoms with E-state index in [9.17, 15) is 57.8 Å². The Kier molecular flexibility index (Phi) is 26.1. The third-order valence-electron chi connectivity index (χ3n) is 11.8. The molecule has 6 aromatic carbocycles. The van der Waals surface area contributed by atoms with Gasteiger partial charge in [0.15, 0.2) is 0 Å². The van der Waals surface area contributed by atoms with Gasteiger partial charge in [0.05, 0.1) is 27.0 Å². The minimum absolute atomic E-state index is 0.00679. The number of hydrogen-bond acceptors (Lipinski definition) is 13. The number of cyclic esters (lactones) is 1. The Morgan fingerprint density at radius 3 is 1.54 bits per heavy atom. The summed E-state index contributed by atoms with van der Waals surface area (Å²) in [5, 5.41) is 33.5. The van der Waals surface area contributed by atoms with Crippen LogP contribution in [0.1, 0.15) is 93.6 Å². The molecule has 415 valence electrons. The third-order valence-corrected chi connectivity index (χ3v) is 11.8. The SMILES string of the molecule is O=C(O)CC/C=C(\COC(=O)c1cccc([N+](=O)[O-])c1)c1ccc(F)cc1.O=C(OC/C(=C\CCC(=O)N1C(=O)OC[C@@H]1c1ccccc1)c1ccc(F)cc1)c1cccc([N+](=O)[O-])c1.O=C1CC[C@H](c2ccccc2)N1.[I][V][I]. The predicted octanol–water partition coefficient (Wildman–Crippen LogP) is 12.7. The van der Waals surface area contributed by atoms with Gasteiger partial charge in [-0.15, -0.1) is 0 Å². The summed E-state index contributed by atoms with van der Waals surface area (Å²) >= 11 is 4.74. The molecule has 0 bridgehead atoms. The Labute approximate surface area is 486 Å². The molecule has 2 atom stereocenters. The van der Waals surface area contributed by atoms with Crippen LogP contribution in [0.15, 0.2) is 170 Å². The number of nitrogens with zero attached hydrogens (tertiary/aromatic N) is 3. The summed E-state index contributed by atoms with van der Waals surface area (Å²) in [6, 6.07) is 40.2. The van der Waals surface area contributed by atoms with Crippen LogP contribution in [0.2, 0.25) is 0 Å². The molecule has 80 heavy (non-hydrogen) atoms. The van der Waals surface area contributed by atoms with Gasteiger partial charge >= 0.3 is 73.4 Å². The number of carbonyl (C=O) groups excluding carboxylic acids is 5. The van der Waals surface area contributed by atoms with Crippen LogP contribution in [0.4, 0.5) is 25.0 Å². The summed E-state index contributed by atoms with van der Waals surface area (Å²) in [7, 11) is 0.628. The molecule has 18 nitrogen and oxygen atoms in total. The average Bonchev–Trinajstić information content (AvgIpc) is 4.09. The fourth-order valence-electron chi connectivity index (χ4n) is 7.82. The Bertz CT molecular complexity index is 3180. The molecule has 2 aliphatic rings. The molecular weight excluding hydrogens is 1310 g/mol. The van der Waals surface area contributed by atoms with E-state index in [1.54, 1.807) is 12.2 Å². The Morgan fingerprint density at radius 1 is 0.662 bits per heavy atom. The van der Waals surface area contributed by atoms with Gasteiger partial charge in [0.25, 0.3) is 11.4 Å². The summed E-state index contributed by atoms with van der Waals surface area (Å²) in [5.74, 6) is -3.64. The van der Waals surface area contributed by atoms with Crippen molar-refractivity contribution in [1.82, 2.24) is 10.2 Å². The minimum atomic E-state index is -0.974. The van der Waals surface area contributed by atoms with Crippen LogP contribution in [-0.2, 0) is 38.1 Å². The van der Waals surface area contributed by atoms with Crippen LogP contribution < -0.4 is 5.32 Å². The Hall–Kier alpha value is -7.68. The molecule has 6 aromatic rings. The van der Waals surface area contributed by atoms with Crippen molar-refractivity contribution in [1.29, 1.82) is 0 Å². The fourth-order valence-corrected chi connectivity index (χ4v) is 7.82. The van der Waals surface area contributed by atoms with E-state index in [4.69, 9.17) is 19.3 Å². The van der Waals surface area contributed by atoms with Crippen molar-refractivity contribution in [3.05, 3.63) is 235 Å². The predicted molar refractivity (Wildman–Crippen MR) is 304 cm³/mol. The second-order valence-corrected chi connectivity index (χ2v) is 28.9. The quantitative estimate of drug-likeness (QED) is 0.0267. The van der Waals surface area contributed by atoms with Gasteiger partial charge in [0, 0.05) is 43.5 Å². The number of esters is 2. The van der Waals surface area contributed by atoms with E-state index in [1.807, 2.05) is 48.5 Å². The number of nitrogens with one attached hydrogen (secondary N) is 1. The van der Waals surface area contributed by atoms with E-state index in [0.717, 1.165) is 29.0 Å². The van der Waals surface area contributed by atoms with Gasteiger partial charge < -0.3 is 24.6 Å². The zero-order chi connectivity index (χ0) is 58.0. The molecule has 0 saturated carbocycles. The topological polar surface area (TPSA) is 252 Å². The molecule has 3 amide bonds. The Morgan fingerprint density at radius 2 is 1.11 bits per heavy atom. The number of non-ortho nitro benzene ring substituents is 2. The van der Waals surface area contributed by atoms with Crippen molar-refractivity contribution in [2.45, 2.75) is 50.6 Å². The molecule has 0 spiro atoms. The molecule has 2 saturated heterocycles. The standard InChI is InChI=1S/C28H23FN2O7.C19H16FNO6.C10H11NO.2HI.V/c29-23-14-12-19(13-15-23)22(17-37-27(33)21-8-4-10-24(16-21)31(35)36)9-5-11-26(32)30-25(18-38-28(30)34)20-6-2-1-3-7-20;20-16-9-7-13(8-10-16)15(4-2-6-18(22)23)12-27-19(24)14-3-1-5-17(11-14)21(25)26;12-10-7-6-9(11-10)8-4-2-1-3-5-8;;;/h1-4,6-10,12-16,25H,5,11,17-18H2;1,3-5,7-11H,2,6,12H2,(H,22,23);1-5,9H,6-7H2,(H,11,12);2*1H;/q;;;;;+2/p-2/b22-9+;15-4+;;;;/t25-;;9-;;;/m1.1.../s1. The van der Waals surface area contributed by atoms with Gasteiger partial charge in [-0.05, 0) is 89.1 Å². The van der Waals surface area contributed by atoms with Crippen LogP contribution in [0.5, 0.6) is 0 Å². The molecule has 23 heteroatoms. The number of allylic oxidation sites excluding steroid dienone is 2. The van der Waals surface area contributed by atoms with E-state index in [-0.39, 0.29) is 80.0 Å². The number of benzene rings is 6. The molecule has 2 heterocycles. The van der Waals surface area contributed by atoms with E-state index >= 15 is 0 Å². The van der Waals surface area contributed by atoms with Crippen molar-refractivity contribution in [3.8, 4) is 0 Å². The van der Waals surface area contributed by atoms with Crippen LogP contribution in [0, 0.1) is 31.9 Å². The monoisotopic (exact) mass is 1360 g/mol. The fraction of sp³-hybridized carbons (Fsp3) is 0.193. The normalized spacial score (nSPS) is 14.5. The first kappa shape index (κ1) is 63.2. The van der Waals surface area contributed by atoms with Crippen molar-refractivity contribution in [3.63, 3.8) is 0 Å². The number of halogens is 4. The number of carboxylic acid groups (broad SMARTS) is 1. The van der Waals surface area contributed by atoms with Gasteiger partial charge in [-0.3, -0.25) is 34.6 Å². The van der Waals surface area contributed by atoms with E-state index in [1.165, 1.54) is 90.5 Å². The number of imide groups is 1. The summed E-state index contributed by atoms with van der Waals surface area (Å²) in [6.45, 7) is -0.342. The summed E-state index contributed by atoms with van der Waals surface area (Å²) in [4.78, 5) is 93.2. The second-order valence-electron chi connectivity index (χ2n) is 17.1. The summed E-state index contributed by atoms with van der Waals surface area (Å²) < 4.78 is 42.3. The summed E-state index contributed by atoms with van der Waals surface area (Å²) in [5.41, 5.74) is 3.69. The van der Waals surface area contributed by atoms with E-state index in [0.29, 0.717) is 38.2 Å². The van der Waals surface area contributed by atoms with Gasteiger partial charge in [-0.1, -0.05) is 109 Å². The van der Waals surface area contributed by atoms with Crippen molar-refractivity contribution < 1.29 is 76.2 Å². The maximum atomic E-state index is 13.5. The first-order chi connectivity index (χ1) is 38.5. The number of hydrogen-bond donors (Lipinski definition) is 2. The number of amides is 3. The molecule has 2 N–H and O–H groups in total.